The van der Waals surface area contributed by atoms with Crippen molar-refractivity contribution in [1.82, 2.24) is 9.21 Å². The first-order valence-corrected chi connectivity index (χ1v) is 9.51. The summed E-state index contributed by atoms with van der Waals surface area (Å²) in [5.41, 5.74) is 6.21. The second-order valence-corrected chi connectivity index (χ2v) is 7.58. The van der Waals surface area contributed by atoms with Crippen molar-refractivity contribution in [2.45, 2.75) is 37.6 Å². The fourth-order valence-electron chi connectivity index (χ4n) is 3.00. The molecule has 0 aliphatic carbocycles. The van der Waals surface area contributed by atoms with Crippen molar-refractivity contribution < 1.29 is 13.2 Å². The zero-order chi connectivity index (χ0) is 17.0. The molecule has 0 aromatic heterocycles. The van der Waals surface area contributed by atoms with Crippen LogP contribution in [-0.4, -0.2) is 55.8 Å². The van der Waals surface area contributed by atoms with Gasteiger partial charge < -0.3 is 10.6 Å². The highest BCUT2D eigenvalue weighted by Gasteiger charge is 2.28. The van der Waals surface area contributed by atoms with Crippen molar-refractivity contribution in [3.05, 3.63) is 29.8 Å². The molecule has 2 N–H and O–H groups in total. The van der Waals surface area contributed by atoms with E-state index in [1.165, 1.54) is 16.4 Å². The number of benzene rings is 1. The Morgan fingerprint density at radius 3 is 2.39 bits per heavy atom. The SMILES string of the molecule is CCN(CC)S(=O)(=O)c1ccc(C(=O)N2CCCC2CN)cc1. The molecule has 1 aromatic carbocycles. The van der Waals surface area contributed by atoms with E-state index in [2.05, 4.69) is 0 Å². The molecule has 128 valence electrons. The predicted octanol–water partition coefficient (Wildman–Crippen LogP) is 1.28. The molecule has 2 rings (SSSR count). The van der Waals surface area contributed by atoms with Crippen LogP contribution in [0.3, 0.4) is 0 Å². The average Bonchev–Trinajstić information content (AvgIpc) is 3.03. The normalized spacial score (nSPS) is 18.6. The minimum absolute atomic E-state index is 0.0789. The highest BCUT2D eigenvalue weighted by Crippen LogP contribution is 2.21. The largest absolute Gasteiger partial charge is 0.334 e. The zero-order valence-electron chi connectivity index (χ0n) is 13.7. The third-order valence-corrected chi connectivity index (χ3v) is 6.42. The maximum atomic E-state index is 12.5. The summed E-state index contributed by atoms with van der Waals surface area (Å²) in [6, 6.07) is 6.28. The Morgan fingerprint density at radius 1 is 1.26 bits per heavy atom. The number of carbonyl (C=O) groups excluding carboxylic acids is 1. The standard InChI is InChI=1S/C16H25N3O3S/c1-3-18(4-2)23(21,22)15-9-7-13(8-10-15)16(20)19-11-5-6-14(19)12-17/h7-10,14H,3-6,11-12,17H2,1-2H3. The van der Waals surface area contributed by atoms with Crippen LogP contribution in [0, 0.1) is 0 Å². The molecular formula is C16H25N3O3S. The third kappa shape index (κ3) is 3.57. The van der Waals surface area contributed by atoms with Gasteiger partial charge in [0.05, 0.1) is 4.90 Å². The van der Waals surface area contributed by atoms with Crippen molar-refractivity contribution >= 4 is 15.9 Å². The van der Waals surface area contributed by atoms with Gasteiger partial charge in [0, 0.05) is 37.8 Å². The van der Waals surface area contributed by atoms with Gasteiger partial charge in [-0.15, -0.1) is 0 Å². The number of nitrogens with two attached hydrogens (primary N) is 1. The monoisotopic (exact) mass is 339 g/mol. The van der Waals surface area contributed by atoms with Gasteiger partial charge in [0.25, 0.3) is 5.91 Å². The van der Waals surface area contributed by atoms with Crippen molar-refractivity contribution in [3.8, 4) is 0 Å². The molecule has 23 heavy (non-hydrogen) atoms. The highest BCUT2D eigenvalue weighted by atomic mass is 32.2. The number of nitrogens with zero attached hydrogens (tertiary/aromatic N) is 2. The molecule has 0 saturated carbocycles. The quantitative estimate of drug-likeness (QED) is 0.846. The number of carbonyl (C=O) groups is 1. The molecule has 0 radical (unpaired) electrons. The first kappa shape index (κ1) is 17.9. The molecule has 0 bridgehead atoms. The summed E-state index contributed by atoms with van der Waals surface area (Å²) < 4.78 is 26.3. The second kappa shape index (κ2) is 7.42. The van der Waals surface area contributed by atoms with Gasteiger partial charge in [0.1, 0.15) is 0 Å². The van der Waals surface area contributed by atoms with E-state index >= 15 is 0 Å². The lowest BCUT2D eigenvalue weighted by Crippen LogP contribution is -2.39. The van der Waals surface area contributed by atoms with Crippen LogP contribution in [0.25, 0.3) is 0 Å². The molecule has 1 aromatic rings. The molecule has 1 aliphatic rings. The van der Waals surface area contributed by atoms with E-state index in [0.29, 0.717) is 31.7 Å². The Bertz CT molecular complexity index is 639. The number of amides is 1. The topological polar surface area (TPSA) is 83.7 Å². The van der Waals surface area contributed by atoms with Crippen molar-refractivity contribution in [1.29, 1.82) is 0 Å². The lowest BCUT2D eigenvalue weighted by Gasteiger charge is -2.23. The Kier molecular flexibility index (Phi) is 5.78. The molecule has 1 aliphatic heterocycles. The van der Waals surface area contributed by atoms with Gasteiger partial charge in [-0.2, -0.15) is 4.31 Å². The molecule has 1 saturated heterocycles. The van der Waals surface area contributed by atoms with Gasteiger partial charge in [0.15, 0.2) is 0 Å². The average molecular weight is 339 g/mol. The molecule has 1 fully saturated rings. The maximum Gasteiger partial charge on any atom is 0.254 e. The van der Waals surface area contributed by atoms with Gasteiger partial charge in [-0.05, 0) is 37.1 Å². The van der Waals surface area contributed by atoms with Crippen LogP contribution in [0.2, 0.25) is 0 Å². The third-order valence-electron chi connectivity index (χ3n) is 4.35. The Balaban J connectivity index is 2.21. The molecule has 6 nitrogen and oxygen atoms in total. The van der Waals surface area contributed by atoms with Crippen molar-refractivity contribution in [2.75, 3.05) is 26.2 Å². The molecule has 1 heterocycles. The summed E-state index contributed by atoms with van der Waals surface area (Å²) >= 11 is 0. The summed E-state index contributed by atoms with van der Waals surface area (Å²) in [4.78, 5) is 14.5. The van der Waals surface area contributed by atoms with E-state index < -0.39 is 10.0 Å². The highest BCUT2D eigenvalue weighted by molar-refractivity contribution is 7.89. The lowest BCUT2D eigenvalue weighted by molar-refractivity contribution is 0.0741. The van der Waals surface area contributed by atoms with E-state index in [4.69, 9.17) is 5.73 Å². The van der Waals surface area contributed by atoms with Crippen LogP contribution < -0.4 is 5.73 Å². The smallest absolute Gasteiger partial charge is 0.254 e. The molecule has 1 amide bonds. The minimum atomic E-state index is -3.49. The van der Waals surface area contributed by atoms with Crippen LogP contribution in [0.15, 0.2) is 29.2 Å². The van der Waals surface area contributed by atoms with Crippen LogP contribution in [-0.2, 0) is 10.0 Å². The molecule has 1 atom stereocenters. The van der Waals surface area contributed by atoms with E-state index in [-0.39, 0.29) is 16.8 Å². The lowest BCUT2D eigenvalue weighted by atomic mass is 10.1. The number of likely N-dealkylation sites (tertiary alicyclic amines) is 1. The second-order valence-electron chi connectivity index (χ2n) is 5.64. The van der Waals surface area contributed by atoms with E-state index in [9.17, 15) is 13.2 Å². The van der Waals surface area contributed by atoms with Crippen LogP contribution >= 0.6 is 0 Å². The number of hydrogen-bond acceptors (Lipinski definition) is 4. The fourth-order valence-corrected chi connectivity index (χ4v) is 4.45. The zero-order valence-corrected chi connectivity index (χ0v) is 14.6. The van der Waals surface area contributed by atoms with Crippen molar-refractivity contribution in [3.63, 3.8) is 0 Å². The van der Waals surface area contributed by atoms with E-state index in [1.54, 1.807) is 30.9 Å². The van der Waals surface area contributed by atoms with Crippen LogP contribution in [0.1, 0.15) is 37.0 Å². The van der Waals surface area contributed by atoms with E-state index in [0.717, 1.165) is 12.8 Å². The van der Waals surface area contributed by atoms with Gasteiger partial charge in [-0.3, -0.25) is 4.79 Å². The van der Waals surface area contributed by atoms with Gasteiger partial charge in [-0.25, -0.2) is 8.42 Å². The Morgan fingerprint density at radius 2 is 1.87 bits per heavy atom. The summed E-state index contributed by atoms with van der Waals surface area (Å²) in [6.07, 6.45) is 1.89. The number of rotatable bonds is 6. The summed E-state index contributed by atoms with van der Waals surface area (Å²) in [6.45, 7) is 5.62. The Labute approximate surface area is 138 Å². The number of sulfonamides is 1. The summed E-state index contributed by atoms with van der Waals surface area (Å²) in [7, 11) is -3.49. The van der Waals surface area contributed by atoms with Crippen molar-refractivity contribution in [2.24, 2.45) is 5.73 Å². The first-order valence-electron chi connectivity index (χ1n) is 8.06. The predicted molar refractivity (Wildman–Crippen MR) is 89.7 cm³/mol. The van der Waals surface area contributed by atoms with E-state index in [1.807, 2.05) is 0 Å². The van der Waals surface area contributed by atoms with Gasteiger partial charge in [-0.1, -0.05) is 13.8 Å². The summed E-state index contributed by atoms with van der Waals surface area (Å²) in [5, 5.41) is 0. The van der Waals surface area contributed by atoms with Gasteiger partial charge >= 0.3 is 0 Å². The maximum absolute atomic E-state index is 12.5. The minimum Gasteiger partial charge on any atom is -0.334 e. The number of hydrogen-bond donors (Lipinski definition) is 1. The molecule has 7 heteroatoms. The first-order chi connectivity index (χ1) is 11.0. The summed E-state index contributed by atoms with van der Waals surface area (Å²) in [5.74, 6) is -0.0789. The molecule has 1 unspecified atom stereocenters. The molecular weight excluding hydrogens is 314 g/mol. The van der Waals surface area contributed by atoms with Crippen LogP contribution in [0.4, 0.5) is 0 Å². The fraction of sp³-hybridized carbons (Fsp3) is 0.562. The van der Waals surface area contributed by atoms with Crippen LogP contribution in [0.5, 0.6) is 0 Å². The van der Waals surface area contributed by atoms with Gasteiger partial charge in [0.2, 0.25) is 10.0 Å². The molecule has 0 spiro atoms. The Hall–Kier alpha value is -1.44.